The number of hydrogen-bond donors (Lipinski definition) is 1. The summed E-state index contributed by atoms with van der Waals surface area (Å²) in [6.45, 7) is 0. The van der Waals surface area contributed by atoms with Gasteiger partial charge in [0.15, 0.2) is 0 Å². The first-order chi connectivity index (χ1) is 13.0. The monoisotopic (exact) mass is 358 g/mol. The van der Waals surface area contributed by atoms with E-state index in [0.29, 0.717) is 5.56 Å². The standard InChI is InChI=1S/C21H18N4O2/c1-24-18-10-7-14(11-19(18)25(2)21(24)27)13-22-23-20(26)17-9-8-15-5-3-4-6-16(15)12-17/h3-13H,1-2H3,(H,23,26)/b22-13-. The van der Waals surface area contributed by atoms with Crippen LogP contribution in [0.25, 0.3) is 21.8 Å². The molecule has 1 N–H and O–H groups in total. The zero-order valence-corrected chi connectivity index (χ0v) is 15.0. The molecule has 6 heteroatoms. The van der Waals surface area contributed by atoms with E-state index in [1.165, 1.54) is 0 Å². The van der Waals surface area contributed by atoms with Gasteiger partial charge in [0.25, 0.3) is 5.91 Å². The van der Waals surface area contributed by atoms with Crippen LogP contribution in [-0.4, -0.2) is 21.3 Å². The van der Waals surface area contributed by atoms with Crippen molar-refractivity contribution in [1.29, 1.82) is 0 Å². The van der Waals surface area contributed by atoms with Crippen LogP contribution in [0.15, 0.2) is 70.6 Å². The zero-order chi connectivity index (χ0) is 19.0. The lowest BCUT2D eigenvalue weighted by Crippen LogP contribution is -2.19. The number of aryl methyl sites for hydroxylation is 2. The molecule has 0 radical (unpaired) electrons. The summed E-state index contributed by atoms with van der Waals surface area (Å²) in [7, 11) is 3.47. The highest BCUT2D eigenvalue weighted by Crippen LogP contribution is 2.16. The fourth-order valence-corrected chi connectivity index (χ4v) is 3.16. The van der Waals surface area contributed by atoms with Gasteiger partial charge in [-0.25, -0.2) is 10.2 Å². The van der Waals surface area contributed by atoms with Gasteiger partial charge in [-0.3, -0.25) is 13.9 Å². The molecule has 1 heterocycles. The van der Waals surface area contributed by atoms with Gasteiger partial charge in [-0.1, -0.05) is 36.4 Å². The molecule has 0 aliphatic heterocycles. The second-order valence-electron chi connectivity index (χ2n) is 6.41. The van der Waals surface area contributed by atoms with Gasteiger partial charge in [0, 0.05) is 19.7 Å². The van der Waals surface area contributed by atoms with Gasteiger partial charge in [0.1, 0.15) is 0 Å². The molecule has 0 saturated carbocycles. The van der Waals surface area contributed by atoms with Crippen LogP contribution in [0.3, 0.4) is 0 Å². The van der Waals surface area contributed by atoms with E-state index in [1.54, 1.807) is 35.5 Å². The van der Waals surface area contributed by atoms with Crippen molar-refractivity contribution in [3.8, 4) is 0 Å². The number of rotatable bonds is 3. The first-order valence-corrected chi connectivity index (χ1v) is 8.52. The van der Waals surface area contributed by atoms with Gasteiger partial charge < -0.3 is 0 Å². The molecule has 0 fully saturated rings. The van der Waals surface area contributed by atoms with Crippen LogP contribution in [-0.2, 0) is 14.1 Å². The quantitative estimate of drug-likeness (QED) is 0.452. The van der Waals surface area contributed by atoms with E-state index in [2.05, 4.69) is 10.5 Å². The minimum absolute atomic E-state index is 0.0799. The van der Waals surface area contributed by atoms with Gasteiger partial charge in [0.05, 0.1) is 17.2 Å². The molecular formula is C21H18N4O2. The number of hydrazone groups is 1. The number of aromatic nitrogens is 2. The maximum Gasteiger partial charge on any atom is 0.328 e. The highest BCUT2D eigenvalue weighted by molar-refractivity contribution is 5.99. The van der Waals surface area contributed by atoms with E-state index in [1.807, 2.05) is 54.6 Å². The van der Waals surface area contributed by atoms with Gasteiger partial charge in [0.2, 0.25) is 0 Å². The minimum atomic E-state index is -0.273. The molecular weight excluding hydrogens is 340 g/mol. The van der Waals surface area contributed by atoms with E-state index >= 15 is 0 Å². The van der Waals surface area contributed by atoms with Gasteiger partial charge >= 0.3 is 5.69 Å². The first-order valence-electron chi connectivity index (χ1n) is 8.52. The lowest BCUT2D eigenvalue weighted by molar-refractivity contribution is 0.0955. The number of nitrogens with one attached hydrogen (secondary N) is 1. The first kappa shape index (κ1) is 16.8. The number of fused-ring (bicyclic) bond motifs is 2. The molecule has 0 unspecified atom stereocenters. The van der Waals surface area contributed by atoms with Crippen molar-refractivity contribution < 1.29 is 4.79 Å². The molecule has 3 aromatic carbocycles. The van der Waals surface area contributed by atoms with Crippen LogP contribution in [0.2, 0.25) is 0 Å². The maximum absolute atomic E-state index is 12.3. The molecule has 4 aromatic rings. The third-order valence-electron chi connectivity index (χ3n) is 4.69. The van der Waals surface area contributed by atoms with Crippen LogP contribution in [0.5, 0.6) is 0 Å². The molecule has 1 amide bonds. The molecule has 4 rings (SSSR count). The Labute approximate surface area is 155 Å². The van der Waals surface area contributed by atoms with Crippen molar-refractivity contribution >= 4 is 33.9 Å². The third kappa shape index (κ3) is 3.01. The number of carbonyl (C=O) groups excluding carboxylic acids is 1. The smallest absolute Gasteiger partial charge is 0.295 e. The van der Waals surface area contributed by atoms with E-state index in [4.69, 9.17) is 0 Å². The Kier molecular flexibility index (Phi) is 4.08. The molecule has 0 atom stereocenters. The number of nitrogens with zero attached hydrogens (tertiary/aromatic N) is 3. The molecule has 6 nitrogen and oxygen atoms in total. The Balaban J connectivity index is 1.54. The lowest BCUT2D eigenvalue weighted by Gasteiger charge is -2.02. The molecule has 134 valence electrons. The summed E-state index contributed by atoms with van der Waals surface area (Å²) in [6.07, 6.45) is 1.57. The molecule has 0 aliphatic carbocycles. The van der Waals surface area contributed by atoms with E-state index in [0.717, 1.165) is 27.4 Å². The maximum atomic E-state index is 12.3. The predicted molar refractivity (Wildman–Crippen MR) is 107 cm³/mol. The van der Waals surface area contributed by atoms with Gasteiger partial charge in [-0.2, -0.15) is 5.10 Å². The number of imidazole rings is 1. The van der Waals surface area contributed by atoms with Gasteiger partial charge in [-0.05, 0) is 40.6 Å². The number of benzene rings is 3. The Morgan fingerprint density at radius 3 is 2.48 bits per heavy atom. The zero-order valence-electron chi connectivity index (χ0n) is 15.0. The second-order valence-corrected chi connectivity index (χ2v) is 6.41. The minimum Gasteiger partial charge on any atom is -0.295 e. The summed E-state index contributed by atoms with van der Waals surface area (Å²) in [5.74, 6) is -0.273. The Hall–Kier alpha value is -3.67. The van der Waals surface area contributed by atoms with Crippen LogP contribution >= 0.6 is 0 Å². The van der Waals surface area contributed by atoms with Gasteiger partial charge in [-0.15, -0.1) is 0 Å². The molecule has 1 aromatic heterocycles. The summed E-state index contributed by atoms with van der Waals surface area (Å²) in [5.41, 5.74) is 5.47. The van der Waals surface area contributed by atoms with Crippen molar-refractivity contribution in [2.45, 2.75) is 0 Å². The fraction of sp³-hybridized carbons (Fsp3) is 0.0952. The van der Waals surface area contributed by atoms with Crippen LogP contribution in [0.1, 0.15) is 15.9 Å². The third-order valence-corrected chi connectivity index (χ3v) is 4.69. The summed E-state index contributed by atoms with van der Waals surface area (Å²) in [5, 5.41) is 6.13. The summed E-state index contributed by atoms with van der Waals surface area (Å²) >= 11 is 0. The number of hydrogen-bond acceptors (Lipinski definition) is 3. The van der Waals surface area contributed by atoms with Crippen molar-refractivity contribution in [2.75, 3.05) is 0 Å². The van der Waals surface area contributed by atoms with Crippen LogP contribution in [0.4, 0.5) is 0 Å². The Bertz CT molecular complexity index is 1260. The molecule has 27 heavy (non-hydrogen) atoms. The number of amides is 1. The average molecular weight is 358 g/mol. The topological polar surface area (TPSA) is 68.4 Å². The second kappa shape index (κ2) is 6.57. The van der Waals surface area contributed by atoms with Crippen molar-refractivity contribution in [2.24, 2.45) is 19.2 Å². The Morgan fingerprint density at radius 1 is 0.926 bits per heavy atom. The Morgan fingerprint density at radius 2 is 1.67 bits per heavy atom. The summed E-state index contributed by atoms with van der Waals surface area (Å²) < 4.78 is 3.18. The van der Waals surface area contributed by atoms with Crippen molar-refractivity contribution in [3.05, 3.63) is 82.3 Å². The molecule has 0 saturated heterocycles. The van der Waals surface area contributed by atoms with Crippen LogP contribution < -0.4 is 11.1 Å². The summed E-state index contributed by atoms with van der Waals surface area (Å²) in [6, 6.07) is 19.0. The lowest BCUT2D eigenvalue weighted by atomic mass is 10.1. The molecule has 0 aliphatic rings. The predicted octanol–water partition coefficient (Wildman–Crippen LogP) is 2.79. The van der Waals surface area contributed by atoms with E-state index in [9.17, 15) is 9.59 Å². The number of carbonyl (C=O) groups is 1. The van der Waals surface area contributed by atoms with Crippen molar-refractivity contribution in [3.63, 3.8) is 0 Å². The highest BCUT2D eigenvalue weighted by Gasteiger charge is 2.08. The van der Waals surface area contributed by atoms with E-state index in [-0.39, 0.29) is 11.6 Å². The normalized spacial score (nSPS) is 11.5. The fourth-order valence-electron chi connectivity index (χ4n) is 3.16. The van der Waals surface area contributed by atoms with Crippen LogP contribution in [0, 0.1) is 0 Å². The SMILES string of the molecule is Cn1c(=O)n(C)c2cc(/C=N\NC(=O)c3ccc4ccccc4c3)ccc21. The van der Waals surface area contributed by atoms with Crippen molar-refractivity contribution in [1.82, 2.24) is 14.6 Å². The van der Waals surface area contributed by atoms with E-state index < -0.39 is 0 Å². The molecule has 0 spiro atoms. The largest absolute Gasteiger partial charge is 0.328 e. The average Bonchev–Trinajstić information content (AvgIpc) is 2.91. The summed E-state index contributed by atoms with van der Waals surface area (Å²) in [4.78, 5) is 24.3. The highest BCUT2D eigenvalue weighted by atomic mass is 16.2. The molecule has 0 bridgehead atoms.